The van der Waals surface area contributed by atoms with Gasteiger partial charge in [-0.15, -0.1) is 21.5 Å². The minimum atomic E-state index is -0.471. The number of nitro benzene ring substituents is 1. The largest absolute Gasteiger partial charge is 0.297 e. The van der Waals surface area contributed by atoms with Crippen LogP contribution in [0.5, 0.6) is 0 Å². The molecule has 2 heterocycles. The van der Waals surface area contributed by atoms with Crippen molar-refractivity contribution in [2.75, 3.05) is 5.32 Å². The Kier molecular flexibility index (Phi) is 4.73. The summed E-state index contributed by atoms with van der Waals surface area (Å²) < 4.78 is 0. The molecule has 1 N–H and O–H groups in total. The van der Waals surface area contributed by atoms with Gasteiger partial charge in [0.05, 0.1) is 9.80 Å². The number of carbonyl (C=O) groups excluding carboxylic acids is 1. The molecule has 0 saturated carbocycles. The number of aromatic nitrogens is 2. The van der Waals surface area contributed by atoms with Gasteiger partial charge >= 0.3 is 0 Å². The van der Waals surface area contributed by atoms with Gasteiger partial charge in [0.15, 0.2) is 5.01 Å². The van der Waals surface area contributed by atoms with E-state index in [4.69, 9.17) is 0 Å². The van der Waals surface area contributed by atoms with Crippen molar-refractivity contribution in [3.05, 3.63) is 63.5 Å². The lowest BCUT2D eigenvalue weighted by atomic mass is 10.2. The molecule has 0 aliphatic carbocycles. The summed E-state index contributed by atoms with van der Waals surface area (Å²) in [5.41, 5.74) is 0.693. The zero-order chi connectivity index (χ0) is 16.9. The fourth-order valence-corrected chi connectivity index (χ4v) is 3.34. The summed E-state index contributed by atoms with van der Waals surface area (Å²) in [7, 11) is 0. The number of non-ortho nitro benzene ring substituents is 1. The first-order chi connectivity index (χ1) is 11.6. The SMILES string of the molecule is O=C(/C=C/c1ccc([N+](=O)[O-])cc1)Nc1nnc(-c2cccs2)s1. The first-order valence-electron chi connectivity index (χ1n) is 6.73. The maximum Gasteiger partial charge on any atom is 0.269 e. The number of nitrogens with zero attached hydrogens (tertiary/aromatic N) is 3. The Morgan fingerprint density at radius 1 is 1.21 bits per heavy atom. The fourth-order valence-electron chi connectivity index (χ4n) is 1.80. The fraction of sp³-hybridized carbons (Fsp3) is 0. The molecule has 0 bridgehead atoms. The standard InChI is InChI=1S/C15H10N4O3S2/c20-13(8-5-10-3-6-11(7-4-10)19(21)22)16-15-18-17-14(24-15)12-2-1-9-23-12/h1-9H,(H,16,18,20)/b8-5+. The van der Waals surface area contributed by atoms with E-state index in [1.807, 2.05) is 17.5 Å². The van der Waals surface area contributed by atoms with Crippen LogP contribution < -0.4 is 5.32 Å². The highest BCUT2D eigenvalue weighted by Crippen LogP contribution is 2.29. The molecule has 3 rings (SSSR count). The van der Waals surface area contributed by atoms with Crippen LogP contribution in [0.2, 0.25) is 0 Å². The molecule has 0 fully saturated rings. The highest BCUT2D eigenvalue weighted by atomic mass is 32.1. The molecule has 0 aliphatic rings. The van der Waals surface area contributed by atoms with Crippen molar-refractivity contribution in [1.29, 1.82) is 0 Å². The predicted molar refractivity (Wildman–Crippen MR) is 94.0 cm³/mol. The molecule has 0 radical (unpaired) electrons. The summed E-state index contributed by atoms with van der Waals surface area (Å²) in [6.45, 7) is 0. The smallest absolute Gasteiger partial charge is 0.269 e. The molecule has 24 heavy (non-hydrogen) atoms. The van der Waals surface area contributed by atoms with E-state index in [9.17, 15) is 14.9 Å². The Hall–Kier alpha value is -2.91. The van der Waals surface area contributed by atoms with Gasteiger partial charge in [-0.25, -0.2) is 0 Å². The minimum absolute atomic E-state index is 0.00608. The molecular weight excluding hydrogens is 348 g/mol. The molecule has 2 aromatic heterocycles. The molecule has 1 amide bonds. The van der Waals surface area contributed by atoms with E-state index in [0.717, 1.165) is 9.88 Å². The van der Waals surface area contributed by atoms with Crippen LogP contribution in [0.1, 0.15) is 5.56 Å². The molecule has 0 spiro atoms. The summed E-state index contributed by atoms with van der Waals surface area (Å²) in [5, 5.41) is 24.3. The number of rotatable bonds is 5. The third kappa shape index (κ3) is 3.89. The lowest BCUT2D eigenvalue weighted by Crippen LogP contribution is -2.07. The molecule has 3 aromatic rings. The van der Waals surface area contributed by atoms with Gasteiger partial charge in [0.1, 0.15) is 0 Å². The first kappa shape index (κ1) is 16.0. The van der Waals surface area contributed by atoms with E-state index in [2.05, 4.69) is 15.5 Å². The summed E-state index contributed by atoms with van der Waals surface area (Å²) in [6, 6.07) is 9.77. The molecule has 1 aromatic carbocycles. The zero-order valence-corrected chi connectivity index (χ0v) is 13.7. The van der Waals surface area contributed by atoms with E-state index >= 15 is 0 Å². The summed E-state index contributed by atoms with van der Waals surface area (Å²) >= 11 is 2.85. The Labute approximate surface area is 144 Å². The average molecular weight is 358 g/mol. The van der Waals surface area contributed by atoms with Crippen molar-refractivity contribution in [2.45, 2.75) is 0 Å². The van der Waals surface area contributed by atoms with E-state index < -0.39 is 4.92 Å². The van der Waals surface area contributed by atoms with E-state index in [1.54, 1.807) is 29.5 Å². The monoisotopic (exact) mass is 358 g/mol. The molecule has 9 heteroatoms. The topological polar surface area (TPSA) is 98.0 Å². The molecule has 0 unspecified atom stereocenters. The Morgan fingerprint density at radius 2 is 2.00 bits per heavy atom. The third-order valence-corrected chi connectivity index (χ3v) is 4.80. The average Bonchev–Trinajstić information content (AvgIpc) is 3.24. The number of nitro groups is 1. The number of carbonyl (C=O) groups is 1. The quantitative estimate of drug-likeness (QED) is 0.425. The minimum Gasteiger partial charge on any atom is -0.297 e. The molecular formula is C15H10N4O3S2. The number of amides is 1. The van der Waals surface area contributed by atoms with E-state index in [-0.39, 0.29) is 11.6 Å². The predicted octanol–water partition coefficient (Wildman–Crippen LogP) is 3.83. The molecule has 0 saturated heterocycles. The molecule has 7 nitrogen and oxygen atoms in total. The lowest BCUT2D eigenvalue weighted by Gasteiger charge is -1.95. The molecule has 120 valence electrons. The van der Waals surface area contributed by atoms with Crippen LogP contribution >= 0.6 is 22.7 Å². The number of thiophene rings is 1. The summed E-state index contributed by atoms with van der Waals surface area (Å²) in [4.78, 5) is 23.0. The van der Waals surface area contributed by atoms with Crippen LogP contribution in [0.3, 0.4) is 0 Å². The van der Waals surface area contributed by atoms with Gasteiger partial charge < -0.3 is 0 Å². The zero-order valence-electron chi connectivity index (χ0n) is 12.1. The van der Waals surface area contributed by atoms with Gasteiger partial charge in [-0.05, 0) is 35.2 Å². The third-order valence-electron chi connectivity index (χ3n) is 2.92. The van der Waals surface area contributed by atoms with Crippen LogP contribution in [-0.4, -0.2) is 21.0 Å². The Morgan fingerprint density at radius 3 is 2.67 bits per heavy atom. The van der Waals surface area contributed by atoms with Gasteiger partial charge in [0.2, 0.25) is 11.0 Å². The Bertz CT molecular complexity index is 886. The highest BCUT2D eigenvalue weighted by molar-refractivity contribution is 7.23. The molecule has 0 aliphatic heterocycles. The summed E-state index contributed by atoms with van der Waals surface area (Å²) in [6.07, 6.45) is 2.91. The number of anilines is 1. The van der Waals surface area contributed by atoms with Gasteiger partial charge in [-0.3, -0.25) is 20.2 Å². The van der Waals surface area contributed by atoms with Gasteiger partial charge in [-0.2, -0.15) is 0 Å². The van der Waals surface area contributed by atoms with Crippen molar-refractivity contribution in [3.63, 3.8) is 0 Å². The van der Waals surface area contributed by atoms with Gasteiger partial charge in [-0.1, -0.05) is 17.4 Å². The van der Waals surface area contributed by atoms with Crippen molar-refractivity contribution in [2.24, 2.45) is 0 Å². The van der Waals surface area contributed by atoms with Gasteiger partial charge in [0.25, 0.3) is 5.69 Å². The van der Waals surface area contributed by atoms with Crippen LogP contribution in [0.4, 0.5) is 10.8 Å². The van der Waals surface area contributed by atoms with Crippen LogP contribution in [0.15, 0.2) is 47.9 Å². The number of benzene rings is 1. The first-order valence-corrected chi connectivity index (χ1v) is 8.42. The highest BCUT2D eigenvalue weighted by Gasteiger charge is 2.09. The number of hydrogen-bond acceptors (Lipinski definition) is 7. The second-order valence-electron chi connectivity index (χ2n) is 4.56. The van der Waals surface area contributed by atoms with Crippen LogP contribution in [0, 0.1) is 10.1 Å². The van der Waals surface area contributed by atoms with Crippen molar-refractivity contribution in [1.82, 2.24) is 10.2 Å². The Balaban J connectivity index is 1.62. The maximum atomic E-state index is 11.9. The lowest BCUT2D eigenvalue weighted by molar-refractivity contribution is -0.384. The normalized spacial score (nSPS) is 10.8. The van der Waals surface area contributed by atoms with Gasteiger partial charge in [0, 0.05) is 18.2 Å². The number of hydrogen-bond donors (Lipinski definition) is 1. The van der Waals surface area contributed by atoms with Crippen molar-refractivity contribution in [3.8, 4) is 9.88 Å². The second-order valence-corrected chi connectivity index (χ2v) is 6.49. The van der Waals surface area contributed by atoms with Crippen LogP contribution in [0.25, 0.3) is 16.0 Å². The second kappa shape index (κ2) is 7.11. The number of nitrogens with one attached hydrogen (secondary N) is 1. The van der Waals surface area contributed by atoms with Crippen LogP contribution in [-0.2, 0) is 4.79 Å². The molecule has 0 atom stereocenters. The van der Waals surface area contributed by atoms with Crippen molar-refractivity contribution < 1.29 is 9.72 Å². The van der Waals surface area contributed by atoms with E-state index in [1.165, 1.54) is 29.5 Å². The van der Waals surface area contributed by atoms with E-state index in [0.29, 0.717) is 10.7 Å². The summed E-state index contributed by atoms with van der Waals surface area (Å²) in [5.74, 6) is -0.345. The van der Waals surface area contributed by atoms with Crippen molar-refractivity contribution >= 4 is 45.5 Å². The maximum absolute atomic E-state index is 11.9.